The molecule has 0 atom stereocenters. The van der Waals surface area contributed by atoms with Crippen molar-refractivity contribution in [2.75, 3.05) is 0 Å². The van der Waals surface area contributed by atoms with E-state index in [-0.39, 0.29) is 0 Å². The maximum atomic E-state index is 12.1. The van der Waals surface area contributed by atoms with Crippen molar-refractivity contribution < 1.29 is 9.59 Å². The Morgan fingerprint density at radius 3 is 1.95 bits per heavy atom. The standard InChI is InChI=1S/C17H14O2/c1-10(2)11-7-8-14-15(9-11)12-5-3-4-6-13(12)16(18)17(14)19/h3-10H,1-2H3. The van der Waals surface area contributed by atoms with E-state index in [0.29, 0.717) is 17.0 Å². The average Bonchev–Trinajstić information content (AvgIpc) is 2.44. The SMILES string of the molecule is CC(C)c1ccc2c(c1)-c1ccccc1C(=O)C2=O. The highest BCUT2D eigenvalue weighted by molar-refractivity contribution is 6.52. The van der Waals surface area contributed by atoms with Crippen molar-refractivity contribution in [2.24, 2.45) is 0 Å². The first-order valence-electron chi connectivity index (χ1n) is 6.42. The van der Waals surface area contributed by atoms with Crippen molar-refractivity contribution in [3.05, 3.63) is 59.2 Å². The predicted molar refractivity (Wildman–Crippen MR) is 74.6 cm³/mol. The van der Waals surface area contributed by atoms with Crippen LogP contribution in [0.25, 0.3) is 11.1 Å². The fourth-order valence-electron chi connectivity index (χ4n) is 2.50. The van der Waals surface area contributed by atoms with Crippen LogP contribution in [0.3, 0.4) is 0 Å². The second-order valence-electron chi connectivity index (χ2n) is 5.16. The molecule has 0 bridgehead atoms. The molecule has 2 nitrogen and oxygen atoms in total. The van der Waals surface area contributed by atoms with Crippen LogP contribution in [0.1, 0.15) is 46.0 Å². The van der Waals surface area contributed by atoms with Crippen LogP contribution in [0.5, 0.6) is 0 Å². The van der Waals surface area contributed by atoms with Gasteiger partial charge in [0.1, 0.15) is 0 Å². The highest BCUT2D eigenvalue weighted by Crippen LogP contribution is 2.35. The van der Waals surface area contributed by atoms with Gasteiger partial charge in [-0.3, -0.25) is 9.59 Å². The Morgan fingerprint density at radius 1 is 0.737 bits per heavy atom. The van der Waals surface area contributed by atoms with E-state index in [0.717, 1.165) is 11.1 Å². The smallest absolute Gasteiger partial charge is 0.234 e. The number of ketones is 2. The molecule has 19 heavy (non-hydrogen) atoms. The molecule has 0 amide bonds. The number of rotatable bonds is 1. The summed E-state index contributed by atoms with van der Waals surface area (Å²) >= 11 is 0. The molecular formula is C17H14O2. The van der Waals surface area contributed by atoms with Gasteiger partial charge in [-0.15, -0.1) is 0 Å². The number of fused-ring (bicyclic) bond motifs is 3. The zero-order valence-electron chi connectivity index (χ0n) is 10.9. The van der Waals surface area contributed by atoms with Crippen LogP contribution < -0.4 is 0 Å². The fraction of sp³-hybridized carbons (Fsp3) is 0.176. The molecule has 94 valence electrons. The molecule has 2 aromatic rings. The Morgan fingerprint density at radius 2 is 1.32 bits per heavy atom. The minimum Gasteiger partial charge on any atom is -0.285 e. The topological polar surface area (TPSA) is 34.1 Å². The maximum Gasteiger partial charge on any atom is 0.234 e. The van der Waals surface area contributed by atoms with Gasteiger partial charge in [0.15, 0.2) is 0 Å². The number of hydrogen-bond donors (Lipinski definition) is 0. The van der Waals surface area contributed by atoms with Crippen LogP contribution >= 0.6 is 0 Å². The zero-order chi connectivity index (χ0) is 13.6. The van der Waals surface area contributed by atoms with Crippen molar-refractivity contribution in [2.45, 2.75) is 19.8 Å². The van der Waals surface area contributed by atoms with E-state index in [4.69, 9.17) is 0 Å². The summed E-state index contributed by atoms with van der Waals surface area (Å²) in [6, 6.07) is 13.1. The van der Waals surface area contributed by atoms with E-state index >= 15 is 0 Å². The Hall–Kier alpha value is -2.22. The first kappa shape index (κ1) is 11.8. The fourth-order valence-corrected chi connectivity index (χ4v) is 2.50. The van der Waals surface area contributed by atoms with Gasteiger partial charge >= 0.3 is 0 Å². The summed E-state index contributed by atoms with van der Waals surface area (Å²) in [7, 11) is 0. The largest absolute Gasteiger partial charge is 0.285 e. The molecule has 0 radical (unpaired) electrons. The molecule has 0 aromatic heterocycles. The molecule has 1 aliphatic carbocycles. The second kappa shape index (κ2) is 4.16. The third-order valence-corrected chi connectivity index (χ3v) is 3.62. The summed E-state index contributed by atoms with van der Waals surface area (Å²) < 4.78 is 0. The molecule has 0 heterocycles. The van der Waals surface area contributed by atoms with Gasteiger partial charge in [-0.1, -0.05) is 50.2 Å². The van der Waals surface area contributed by atoms with Crippen LogP contribution in [-0.4, -0.2) is 11.6 Å². The molecule has 0 saturated heterocycles. The number of benzene rings is 2. The predicted octanol–water partition coefficient (Wildman–Crippen LogP) is 3.86. The molecule has 2 aromatic carbocycles. The number of Topliss-reactive ketones (excluding diaryl/α,β-unsaturated/α-hetero) is 2. The van der Waals surface area contributed by atoms with Crippen molar-refractivity contribution in [1.82, 2.24) is 0 Å². The van der Waals surface area contributed by atoms with Gasteiger partial charge < -0.3 is 0 Å². The molecule has 0 fully saturated rings. The molecule has 0 aliphatic heterocycles. The van der Waals surface area contributed by atoms with Gasteiger partial charge in [0.2, 0.25) is 11.6 Å². The molecule has 2 heteroatoms. The molecule has 1 aliphatic rings. The Balaban J connectivity index is 2.32. The lowest BCUT2D eigenvalue weighted by molar-refractivity contribution is 0.0815. The number of carbonyl (C=O) groups excluding carboxylic acids is 2. The normalized spacial score (nSPS) is 13.4. The first-order chi connectivity index (χ1) is 9.09. The van der Waals surface area contributed by atoms with Crippen LogP contribution in [0, 0.1) is 0 Å². The van der Waals surface area contributed by atoms with E-state index in [1.54, 1.807) is 18.2 Å². The third-order valence-electron chi connectivity index (χ3n) is 3.62. The summed E-state index contributed by atoms with van der Waals surface area (Å²) in [5.74, 6) is -0.408. The lowest BCUT2D eigenvalue weighted by atomic mass is 9.82. The zero-order valence-corrected chi connectivity index (χ0v) is 10.9. The van der Waals surface area contributed by atoms with Gasteiger partial charge in [-0.05, 0) is 28.7 Å². The molecule has 0 unspecified atom stereocenters. The molecular weight excluding hydrogens is 236 g/mol. The minimum absolute atomic E-state index is 0.394. The van der Waals surface area contributed by atoms with E-state index in [2.05, 4.69) is 13.8 Å². The Bertz CT molecular complexity index is 696. The summed E-state index contributed by atoms with van der Waals surface area (Å²) in [5, 5.41) is 0. The minimum atomic E-state index is -0.402. The van der Waals surface area contributed by atoms with Crippen molar-refractivity contribution >= 4 is 11.6 Å². The Kier molecular flexibility index (Phi) is 2.59. The number of hydrogen-bond acceptors (Lipinski definition) is 2. The maximum absolute atomic E-state index is 12.1. The summed E-state index contributed by atoms with van der Waals surface area (Å²) in [4.78, 5) is 24.2. The van der Waals surface area contributed by atoms with Gasteiger partial charge in [-0.25, -0.2) is 0 Å². The summed E-state index contributed by atoms with van der Waals surface area (Å²) in [6.07, 6.45) is 0. The van der Waals surface area contributed by atoms with Crippen molar-refractivity contribution in [3.63, 3.8) is 0 Å². The van der Waals surface area contributed by atoms with Crippen LogP contribution in [0.15, 0.2) is 42.5 Å². The van der Waals surface area contributed by atoms with Gasteiger partial charge in [-0.2, -0.15) is 0 Å². The van der Waals surface area contributed by atoms with Gasteiger partial charge in [0.05, 0.1) is 0 Å². The van der Waals surface area contributed by atoms with E-state index in [1.807, 2.05) is 24.3 Å². The van der Waals surface area contributed by atoms with Gasteiger partial charge in [0, 0.05) is 11.1 Å². The summed E-state index contributed by atoms with van der Waals surface area (Å²) in [6.45, 7) is 4.23. The van der Waals surface area contributed by atoms with Crippen molar-refractivity contribution in [1.29, 1.82) is 0 Å². The lowest BCUT2D eigenvalue weighted by Crippen LogP contribution is -2.21. The van der Waals surface area contributed by atoms with E-state index in [1.165, 1.54) is 5.56 Å². The average molecular weight is 250 g/mol. The lowest BCUT2D eigenvalue weighted by Gasteiger charge is -2.19. The van der Waals surface area contributed by atoms with Crippen LogP contribution in [0.2, 0.25) is 0 Å². The second-order valence-corrected chi connectivity index (χ2v) is 5.16. The highest BCUT2D eigenvalue weighted by Gasteiger charge is 2.30. The quantitative estimate of drug-likeness (QED) is 0.720. The van der Waals surface area contributed by atoms with Crippen LogP contribution in [0.4, 0.5) is 0 Å². The number of carbonyl (C=O) groups is 2. The highest BCUT2D eigenvalue weighted by atomic mass is 16.2. The van der Waals surface area contributed by atoms with Gasteiger partial charge in [0.25, 0.3) is 0 Å². The molecule has 0 N–H and O–H groups in total. The van der Waals surface area contributed by atoms with Crippen molar-refractivity contribution in [3.8, 4) is 11.1 Å². The van der Waals surface area contributed by atoms with E-state index < -0.39 is 11.6 Å². The third kappa shape index (κ3) is 1.72. The molecule has 0 saturated carbocycles. The molecule has 3 rings (SSSR count). The Labute approximate surface area is 112 Å². The first-order valence-corrected chi connectivity index (χ1v) is 6.42. The summed E-state index contributed by atoms with van der Waals surface area (Å²) in [5.41, 5.74) is 3.96. The van der Waals surface area contributed by atoms with E-state index in [9.17, 15) is 9.59 Å². The monoisotopic (exact) mass is 250 g/mol. The molecule has 0 spiro atoms. The van der Waals surface area contributed by atoms with Crippen LogP contribution in [-0.2, 0) is 0 Å².